The first-order valence-corrected chi connectivity index (χ1v) is 11.8. The van der Waals surface area contributed by atoms with Gasteiger partial charge in [0.15, 0.2) is 0 Å². The van der Waals surface area contributed by atoms with Crippen LogP contribution >= 0.6 is 15.9 Å². The summed E-state index contributed by atoms with van der Waals surface area (Å²) in [7, 11) is 0. The highest BCUT2D eigenvalue weighted by Gasteiger charge is 2.47. The second-order valence-electron chi connectivity index (χ2n) is 10.7. The van der Waals surface area contributed by atoms with Gasteiger partial charge in [-0.25, -0.2) is 9.18 Å². The van der Waals surface area contributed by atoms with Crippen LogP contribution in [0.4, 0.5) is 9.18 Å². The topological polar surface area (TPSA) is 29.5 Å². The molecular formula is C25H37BrFNO2. The second kappa shape index (κ2) is 9.42. The number of amides is 1. The maximum absolute atomic E-state index is 16.8. The highest BCUT2D eigenvalue weighted by molar-refractivity contribution is 9.08. The fourth-order valence-electron chi connectivity index (χ4n) is 4.09. The van der Waals surface area contributed by atoms with Gasteiger partial charge in [-0.3, -0.25) is 0 Å². The predicted molar refractivity (Wildman–Crippen MR) is 126 cm³/mol. The van der Waals surface area contributed by atoms with Gasteiger partial charge >= 0.3 is 6.09 Å². The molecule has 0 aliphatic carbocycles. The standard InChI is InChI=1S/C25H37BrFNO2/c1-18(14-23(2,3)4)25(27,15-19-9-8-10-20(13-19)16-26)21-11-12-28(17-21)22(29)30-24(5,6)7/h8-10,13,21H,1,11-12,14-17H2,2-7H3/t21-,25?/m0/s1. The van der Waals surface area contributed by atoms with Crippen molar-refractivity contribution in [2.75, 3.05) is 13.1 Å². The van der Waals surface area contributed by atoms with E-state index in [1.807, 2.05) is 45.0 Å². The zero-order chi connectivity index (χ0) is 22.7. The molecule has 2 atom stereocenters. The summed E-state index contributed by atoms with van der Waals surface area (Å²) in [5, 5.41) is 0.735. The van der Waals surface area contributed by atoms with Crippen molar-refractivity contribution >= 4 is 22.0 Å². The van der Waals surface area contributed by atoms with Gasteiger partial charge in [-0.2, -0.15) is 0 Å². The molecular weight excluding hydrogens is 445 g/mol. The lowest BCUT2D eigenvalue weighted by Gasteiger charge is -2.36. The molecule has 5 heteroatoms. The van der Waals surface area contributed by atoms with Crippen LogP contribution in [0.2, 0.25) is 0 Å². The molecule has 1 aliphatic heterocycles. The summed E-state index contributed by atoms with van der Waals surface area (Å²) in [4.78, 5) is 14.2. The highest BCUT2D eigenvalue weighted by Crippen LogP contribution is 2.43. The first-order chi connectivity index (χ1) is 13.7. The number of ether oxygens (including phenoxy) is 1. The Balaban J connectivity index is 2.27. The van der Waals surface area contributed by atoms with Crippen molar-refractivity contribution in [2.24, 2.45) is 11.3 Å². The van der Waals surface area contributed by atoms with Gasteiger partial charge < -0.3 is 9.64 Å². The van der Waals surface area contributed by atoms with Crippen LogP contribution in [0.5, 0.6) is 0 Å². The molecule has 30 heavy (non-hydrogen) atoms. The van der Waals surface area contributed by atoms with E-state index >= 15 is 4.39 Å². The van der Waals surface area contributed by atoms with Crippen molar-refractivity contribution in [1.29, 1.82) is 0 Å². The van der Waals surface area contributed by atoms with E-state index in [9.17, 15) is 4.79 Å². The molecule has 0 bridgehead atoms. The third-order valence-electron chi connectivity index (χ3n) is 5.43. The Labute approximate surface area is 190 Å². The number of hydrogen-bond acceptors (Lipinski definition) is 2. The molecule has 3 nitrogen and oxygen atoms in total. The molecule has 1 unspecified atom stereocenters. The Hall–Kier alpha value is -1.36. The zero-order valence-electron chi connectivity index (χ0n) is 19.4. The number of alkyl halides is 2. The third-order valence-corrected chi connectivity index (χ3v) is 6.07. The molecule has 1 aromatic carbocycles. The average Bonchev–Trinajstić information content (AvgIpc) is 3.09. The average molecular weight is 482 g/mol. The molecule has 1 fully saturated rings. The van der Waals surface area contributed by atoms with Gasteiger partial charge in [0.05, 0.1) is 0 Å². The molecule has 168 valence electrons. The van der Waals surface area contributed by atoms with Gasteiger partial charge in [0, 0.05) is 30.8 Å². The van der Waals surface area contributed by atoms with Crippen molar-refractivity contribution < 1.29 is 13.9 Å². The minimum atomic E-state index is -1.57. The summed E-state index contributed by atoms with van der Waals surface area (Å²) in [5.74, 6) is -0.299. The summed E-state index contributed by atoms with van der Waals surface area (Å²) in [6, 6.07) is 8.03. The van der Waals surface area contributed by atoms with Crippen molar-refractivity contribution in [3.05, 3.63) is 47.5 Å². The Morgan fingerprint density at radius 3 is 2.43 bits per heavy atom. The lowest BCUT2D eigenvalue weighted by atomic mass is 9.73. The monoisotopic (exact) mass is 481 g/mol. The van der Waals surface area contributed by atoms with Crippen LogP contribution in [0.1, 0.15) is 65.5 Å². The first-order valence-electron chi connectivity index (χ1n) is 10.7. The summed E-state index contributed by atoms with van der Waals surface area (Å²) >= 11 is 3.48. The molecule has 1 saturated heterocycles. The fraction of sp³-hybridized carbons (Fsp3) is 0.640. The largest absolute Gasteiger partial charge is 0.444 e. The maximum atomic E-state index is 16.8. The Morgan fingerprint density at radius 1 is 1.23 bits per heavy atom. The van der Waals surface area contributed by atoms with E-state index in [0.717, 1.165) is 16.5 Å². The summed E-state index contributed by atoms with van der Waals surface area (Å²) < 4.78 is 22.3. The van der Waals surface area contributed by atoms with Crippen LogP contribution in [-0.2, 0) is 16.5 Å². The molecule has 1 amide bonds. The number of carbonyl (C=O) groups excluding carboxylic acids is 1. The Kier molecular flexibility index (Phi) is 7.82. The number of rotatable bonds is 6. The van der Waals surface area contributed by atoms with Gasteiger partial charge in [-0.1, -0.05) is 67.5 Å². The number of halogens is 2. The third kappa shape index (κ3) is 6.83. The smallest absolute Gasteiger partial charge is 0.410 e. The van der Waals surface area contributed by atoms with Gasteiger partial charge in [0.2, 0.25) is 0 Å². The normalized spacial score (nSPS) is 19.5. The van der Waals surface area contributed by atoms with E-state index in [4.69, 9.17) is 4.74 Å². The predicted octanol–water partition coefficient (Wildman–Crippen LogP) is 7.08. The maximum Gasteiger partial charge on any atom is 0.410 e. The van der Waals surface area contributed by atoms with E-state index in [-0.39, 0.29) is 23.8 Å². The molecule has 0 N–H and O–H groups in total. The first kappa shape index (κ1) is 24.9. The molecule has 0 radical (unpaired) electrons. The molecule has 0 spiro atoms. The zero-order valence-corrected chi connectivity index (χ0v) is 20.9. The van der Waals surface area contributed by atoms with Crippen LogP contribution < -0.4 is 0 Å². The molecule has 1 aliphatic rings. The lowest BCUT2D eigenvalue weighted by Crippen LogP contribution is -2.42. The Bertz CT molecular complexity index is 765. The van der Waals surface area contributed by atoms with Crippen LogP contribution in [0.3, 0.4) is 0 Å². The SMILES string of the molecule is C=C(CC(C)(C)C)C(F)(Cc1cccc(CBr)c1)[C@H]1CCN(C(=O)OC(C)(C)C)C1. The quantitative estimate of drug-likeness (QED) is 0.320. The highest BCUT2D eigenvalue weighted by atomic mass is 79.9. The van der Waals surface area contributed by atoms with Gasteiger partial charge in [-0.05, 0) is 55.7 Å². The molecule has 0 saturated carbocycles. The van der Waals surface area contributed by atoms with Gasteiger partial charge in [0.1, 0.15) is 11.3 Å². The van der Waals surface area contributed by atoms with Crippen LogP contribution in [-0.4, -0.2) is 35.4 Å². The van der Waals surface area contributed by atoms with Crippen LogP contribution in [0.15, 0.2) is 36.4 Å². The number of hydrogen-bond donors (Lipinski definition) is 0. The summed E-state index contributed by atoms with van der Waals surface area (Å²) in [5.41, 5.74) is 0.506. The minimum absolute atomic E-state index is 0.0599. The van der Waals surface area contributed by atoms with Crippen LogP contribution in [0.25, 0.3) is 0 Å². The fourth-order valence-corrected chi connectivity index (χ4v) is 4.44. The molecule has 2 rings (SSSR count). The summed E-state index contributed by atoms with van der Waals surface area (Å²) in [6.45, 7) is 16.9. The van der Waals surface area contributed by atoms with Crippen molar-refractivity contribution in [3.8, 4) is 0 Å². The Morgan fingerprint density at radius 2 is 1.87 bits per heavy atom. The van der Waals surface area contributed by atoms with Crippen molar-refractivity contribution in [1.82, 2.24) is 4.90 Å². The van der Waals surface area contributed by atoms with Gasteiger partial charge in [0.25, 0.3) is 0 Å². The van der Waals surface area contributed by atoms with Gasteiger partial charge in [-0.15, -0.1) is 0 Å². The lowest BCUT2D eigenvalue weighted by molar-refractivity contribution is 0.0265. The van der Waals surface area contributed by atoms with E-state index in [2.05, 4.69) is 43.3 Å². The molecule has 1 aromatic rings. The van der Waals surface area contributed by atoms with Crippen molar-refractivity contribution in [3.63, 3.8) is 0 Å². The molecule has 1 heterocycles. The number of benzene rings is 1. The second-order valence-corrected chi connectivity index (χ2v) is 11.3. The summed E-state index contributed by atoms with van der Waals surface area (Å²) in [6.07, 6.45) is 1.12. The van der Waals surface area contributed by atoms with E-state index < -0.39 is 11.3 Å². The van der Waals surface area contributed by atoms with E-state index in [0.29, 0.717) is 31.5 Å². The van der Waals surface area contributed by atoms with Crippen molar-refractivity contribution in [2.45, 2.75) is 77.4 Å². The van der Waals surface area contributed by atoms with Crippen LogP contribution in [0, 0.1) is 11.3 Å². The number of allylic oxidation sites excluding steroid dienone is 1. The number of carbonyl (C=O) groups is 1. The van der Waals surface area contributed by atoms with E-state index in [1.165, 1.54) is 0 Å². The number of nitrogens with zero attached hydrogens (tertiary/aromatic N) is 1. The van der Waals surface area contributed by atoms with E-state index in [1.54, 1.807) is 4.90 Å². The minimum Gasteiger partial charge on any atom is -0.444 e. The molecule has 0 aromatic heterocycles. The number of likely N-dealkylation sites (tertiary alicyclic amines) is 1.